The summed E-state index contributed by atoms with van der Waals surface area (Å²) < 4.78 is 2.73. The lowest BCUT2D eigenvalue weighted by atomic mass is 10.5. The molecule has 5 heteroatoms. The van der Waals surface area contributed by atoms with Crippen LogP contribution in [-0.2, 0) is 0 Å². The van der Waals surface area contributed by atoms with Gasteiger partial charge in [-0.2, -0.15) is 5.10 Å². The Morgan fingerprint density at radius 1 is 1.33 bits per heavy atom. The van der Waals surface area contributed by atoms with Crippen LogP contribution in [0.4, 0.5) is 0 Å². The van der Waals surface area contributed by atoms with Crippen molar-refractivity contribution in [3.05, 3.63) is 34.6 Å². The third-order valence-electron chi connectivity index (χ3n) is 1.37. The van der Waals surface area contributed by atoms with Crippen LogP contribution in [0.3, 0.4) is 0 Å². The molecule has 0 saturated carbocycles. The van der Waals surface area contributed by atoms with Gasteiger partial charge in [0.2, 0.25) is 0 Å². The Labute approximate surface area is 82.8 Å². The molecule has 0 aromatic carbocycles. The van der Waals surface area contributed by atoms with Crippen molar-refractivity contribution in [1.82, 2.24) is 19.7 Å². The van der Waals surface area contributed by atoms with Crippen LogP contribution in [0.2, 0.25) is 0 Å². The largest absolute Gasteiger partial charge is 0.236 e. The average molecular weight is 272 g/mol. The Hall–Kier alpha value is -0.980. The lowest BCUT2D eigenvalue weighted by Crippen LogP contribution is -1.96. The van der Waals surface area contributed by atoms with Crippen molar-refractivity contribution >= 4 is 22.6 Å². The molecule has 0 fully saturated rings. The molecule has 0 amide bonds. The fourth-order valence-electron chi connectivity index (χ4n) is 0.830. The van der Waals surface area contributed by atoms with Crippen LogP contribution < -0.4 is 0 Å². The van der Waals surface area contributed by atoms with Crippen molar-refractivity contribution in [1.29, 1.82) is 0 Å². The molecule has 0 aliphatic heterocycles. The summed E-state index contributed by atoms with van der Waals surface area (Å²) in [6.45, 7) is 0. The lowest BCUT2D eigenvalue weighted by molar-refractivity contribution is 0.844. The van der Waals surface area contributed by atoms with Crippen molar-refractivity contribution in [2.24, 2.45) is 0 Å². The van der Waals surface area contributed by atoms with Gasteiger partial charge in [-0.3, -0.25) is 0 Å². The van der Waals surface area contributed by atoms with E-state index in [1.165, 1.54) is 6.33 Å². The van der Waals surface area contributed by atoms with E-state index in [1.807, 2.05) is 12.1 Å². The van der Waals surface area contributed by atoms with Gasteiger partial charge in [0, 0.05) is 9.77 Å². The Bertz CT molecular complexity index is 353. The molecular weight excluding hydrogens is 267 g/mol. The maximum Gasteiger partial charge on any atom is 0.155 e. The second kappa shape index (κ2) is 3.18. The molecule has 2 heterocycles. The van der Waals surface area contributed by atoms with Crippen molar-refractivity contribution in [2.75, 3.05) is 0 Å². The zero-order valence-corrected chi connectivity index (χ0v) is 8.21. The van der Waals surface area contributed by atoms with Gasteiger partial charge in [-0.25, -0.2) is 14.6 Å². The highest BCUT2D eigenvalue weighted by molar-refractivity contribution is 14.1. The highest BCUT2D eigenvalue weighted by atomic mass is 127. The van der Waals surface area contributed by atoms with Gasteiger partial charge in [0.15, 0.2) is 5.82 Å². The first kappa shape index (κ1) is 7.66. The molecule has 0 aliphatic carbocycles. The van der Waals surface area contributed by atoms with E-state index >= 15 is 0 Å². The summed E-state index contributed by atoms with van der Waals surface area (Å²) >= 11 is 2.21. The number of rotatable bonds is 1. The Morgan fingerprint density at radius 2 is 2.25 bits per heavy atom. The van der Waals surface area contributed by atoms with Gasteiger partial charge in [0.1, 0.15) is 12.7 Å². The fourth-order valence-corrected chi connectivity index (χ4v) is 1.15. The first-order chi connectivity index (χ1) is 5.86. The molecule has 12 heavy (non-hydrogen) atoms. The number of nitrogens with zero attached hydrogens (tertiary/aromatic N) is 4. The fraction of sp³-hybridized carbons (Fsp3) is 0. The summed E-state index contributed by atoms with van der Waals surface area (Å²) in [6, 6.07) is 3.88. The minimum absolute atomic E-state index is 0.785. The van der Waals surface area contributed by atoms with Crippen LogP contribution in [0.1, 0.15) is 0 Å². The van der Waals surface area contributed by atoms with Gasteiger partial charge in [-0.05, 0) is 34.7 Å². The first-order valence-electron chi connectivity index (χ1n) is 3.33. The average Bonchev–Trinajstić information content (AvgIpc) is 2.58. The molecule has 0 aliphatic rings. The molecule has 2 aromatic heterocycles. The minimum Gasteiger partial charge on any atom is -0.236 e. The number of aromatic nitrogens is 4. The molecule has 2 aromatic rings. The molecule has 0 unspecified atom stereocenters. The van der Waals surface area contributed by atoms with E-state index in [1.54, 1.807) is 17.2 Å². The molecule has 0 bridgehead atoms. The quantitative estimate of drug-likeness (QED) is 0.734. The topological polar surface area (TPSA) is 43.6 Å². The van der Waals surface area contributed by atoms with Gasteiger partial charge in [0.05, 0.1) is 0 Å². The van der Waals surface area contributed by atoms with E-state index in [-0.39, 0.29) is 0 Å². The number of hydrogen-bond acceptors (Lipinski definition) is 3. The van der Waals surface area contributed by atoms with Gasteiger partial charge < -0.3 is 0 Å². The van der Waals surface area contributed by atoms with Crippen LogP contribution >= 0.6 is 22.6 Å². The molecule has 60 valence electrons. The smallest absolute Gasteiger partial charge is 0.155 e. The Balaban J connectivity index is 2.43. The third kappa shape index (κ3) is 1.45. The summed E-state index contributed by atoms with van der Waals surface area (Å²) in [4.78, 5) is 8.00. The van der Waals surface area contributed by atoms with Crippen molar-refractivity contribution in [3.8, 4) is 5.82 Å². The summed E-state index contributed by atoms with van der Waals surface area (Å²) in [7, 11) is 0. The molecule has 2 rings (SSSR count). The first-order valence-corrected chi connectivity index (χ1v) is 4.41. The highest BCUT2D eigenvalue weighted by Crippen LogP contribution is 2.05. The van der Waals surface area contributed by atoms with E-state index in [0.717, 1.165) is 9.39 Å². The van der Waals surface area contributed by atoms with Gasteiger partial charge in [-0.15, -0.1) is 0 Å². The number of halogens is 1. The monoisotopic (exact) mass is 272 g/mol. The van der Waals surface area contributed by atoms with Crippen molar-refractivity contribution in [2.45, 2.75) is 0 Å². The summed E-state index contributed by atoms with van der Waals surface area (Å²) in [5.74, 6) is 0.785. The third-order valence-corrected chi connectivity index (χ3v) is 2.00. The van der Waals surface area contributed by atoms with Crippen LogP contribution in [0.25, 0.3) is 5.82 Å². The lowest BCUT2D eigenvalue weighted by Gasteiger charge is -1.97. The van der Waals surface area contributed by atoms with Crippen LogP contribution in [-0.4, -0.2) is 19.7 Å². The van der Waals surface area contributed by atoms with Crippen molar-refractivity contribution in [3.63, 3.8) is 0 Å². The molecule has 0 saturated heterocycles. The summed E-state index contributed by atoms with van der Waals surface area (Å²) in [5.41, 5.74) is 0. The molecule has 0 radical (unpaired) electrons. The molecule has 0 spiro atoms. The minimum atomic E-state index is 0.785. The zero-order chi connectivity index (χ0) is 8.39. The van der Waals surface area contributed by atoms with E-state index in [0.29, 0.717) is 0 Å². The van der Waals surface area contributed by atoms with E-state index in [2.05, 4.69) is 37.7 Å². The predicted molar refractivity (Wildman–Crippen MR) is 51.9 cm³/mol. The Morgan fingerprint density at radius 3 is 2.83 bits per heavy atom. The maximum atomic E-state index is 4.17. The van der Waals surface area contributed by atoms with Crippen LogP contribution in [0.5, 0.6) is 0 Å². The van der Waals surface area contributed by atoms with E-state index < -0.39 is 0 Å². The zero-order valence-electron chi connectivity index (χ0n) is 6.05. The summed E-state index contributed by atoms with van der Waals surface area (Å²) in [6.07, 6.45) is 4.90. The SMILES string of the molecule is Ic1ccc(-n2cncn2)nc1. The van der Waals surface area contributed by atoms with Gasteiger partial charge in [0.25, 0.3) is 0 Å². The predicted octanol–water partition coefficient (Wildman–Crippen LogP) is 1.27. The van der Waals surface area contributed by atoms with Crippen LogP contribution in [0, 0.1) is 3.57 Å². The molecule has 0 N–H and O–H groups in total. The molecule has 4 nitrogen and oxygen atoms in total. The second-order valence-corrected chi connectivity index (χ2v) is 3.42. The summed E-state index contributed by atoms with van der Waals surface area (Å²) in [5, 5.41) is 3.96. The molecule has 0 atom stereocenters. The second-order valence-electron chi connectivity index (χ2n) is 2.17. The van der Waals surface area contributed by atoms with Crippen LogP contribution in [0.15, 0.2) is 31.0 Å². The normalized spacial score (nSPS) is 10.1. The number of hydrogen-bond donors (Lipinski definition) is 0. The van der Waals surface area contributed by atoms with Crippen molar-refractivity contribution < 1.29 is 0 Å². The van der Waals surface area contributed by atoms with Gasteiger partial charge >= 0.3 is 0 Å². The van der Waals surface area contributed by atoms with E-state index in [4.69, 9.17) is 0 Å². The molecular formula is C7H5IN4. The maximum absolute atomic E-state index is 4.17. The Kier molecular flexibility index (Phi) is 2.03. The number of pyridine rings is 1. The van der Waals surface area contributed by atoms with Gasteiger partial charge in [-0.1, -0.05) is 0 Å². The van der Waals surface area contributed by atoms with E-state index in [9.17, 15) is 0 Å². The highest BCUT2D eigenvalue weighted by Gasteiger charge is 1.95. The standard InChI is InChI=1S/C7H5IN4/c8-6-1-2-7(10-3-6)12-5-9-4-11-12/h1-5H.